The van der Waals surface area contributed by atoms with Gasteiger partial charge in [-0.1, -0.05) is 23.7 Å². The number of nitrogens with zero attached hydrogens (tertiary/aromatic N) is 2. The normalized spacial score (nSPS) is 14.0. The molecule has 1 aliphatic heterocycles. The Bertz CT molecular complexity index is 565. The topological polar surface area (TPSA) is 29.9 Å². The van der Waals surface area contributed by atoms with Crippen molar-refractivity contribution in [1.29, 1.82) is 0 Å². The Balaban J connectivity index is 1.94. The lowest BCUT2D eigenvalue weighted by Gasteiger charge is -2.08. The zero-order chi connectivity index (χ0) is 11.8. The van der Waals surface area contributed by atoms with Gasteiger partial charge in [0.1, 0.15) is 5.82 Å². The molecule has 88 valence electrons. The highest BCUT2D eigenvalue weighted by molar-refractivity contribution is 6.30. The largest absolute Gasteiger partial charge is 0.329 e. The number of benzene rings is 1. The molecular formula is C12H11ClFN3. The maximum Gasteiger partial charge on any atom is 0.146 e. The van der Waals surface area contributed by atoms with Crippen LogP contribution in [0.5, 0.6) is 0 Å². The van der Waals surface area contributed by atoms with Gasteiger partial charge in [-0.2, -0.15) is 0 Å². The van der Waals surface area contributed by atoms with Crippen molar-refractivity contribution in [3.8, 4) is 0 Å². The van der Waals surface area contributed by atoms with Crippen molar-refractivity contribution in [3.05, 3.63) is 52.3 Å². The molecule has 2 aromatic rings. The third-order valence-corrected chi connectivity index (χ3v) is 3.28. The first kappa shape index (κ1) is 10.7. The third kappa shape index (κ3) is 1.83. The predicted molar refractivity (Wildman–Crippen MR) is 63.3 cm³/mol. The minimum atomic E-state index is -0.345. The van der Waals surface area contributed by atoms with Gasteiger partial charge < -0.3 is 9.88 Å². The molecule has 0 spiro atoms. The smallest absolute Gasteiger partial charge is 0.146 e. The van der Waals surface area contributed by atoms with Crippen LogP contribution in [0.2, 0.25) is 5.02 Å². The summed E-state index contributed by atoms with van der Waals surface area (Å²) in [6.45, 7) is 2.05. The van der Waals surface area contributed by atoms with Gasteiger partial charge in [0.15, 0.2) is 0 Å². The first-order valence-corrected chi connectivity index (χ1v) is 5.80. The van der Waals surface area contributed by atoms with Crippen LogP contribution in [0.3, 0.4) is 0 Å². The fourth-order valence-electron chi connectivity index (χ4n) is 2.09. The van der Waals surface area contributed by atoms with E-state index >= 15 is 0 Å². The zero-order valence-electron chi connectivity index (χ0n) is 9.08. The second-order valence-corrected chi connectivity index (χ2v) is 4.49. The summed E-state index contributed by atoms with van der Waals surface area (Å²) in [5.74, 6) is -0.345. The summed E-state index contributed by atoms with van der Waals surface area (Å²) >= 11 is 5.76. The van der Waals surface area contributed by atoms with Crippen molar-refractivity contribution >= 4 is 11.6 Å². The van der Waals surface area contributed by atoms with Gasteiger partial charge in [0, 0.05) is 18.7 Å². The van der Waals surface area contributed by atoms with E-state index in [-0.39, 0.29) is 10.8 Å². The quantitative estimate of drug-likeness (QED) is 0.888. The summed E-state index contributed by atoms with van der Waals surface area (Å²) in [4.78, 5) is 4.29. The number of imidazole rings is 1. The van der Waals surface area contributed by atoms with Crippen LogP contribution in [0.15, 0.2) is 24.5 Å². The number of hydrogen-bond acceptors (Lipinski definition) is 2. The van der Waals surface area contributed by atoms with E-state index in [1.54, 1.807) is 24.5 Å². The molecule has 0 atom stereocenters. The summed E-state index contributed by atoms with van der Waals surface area (Å²) in [6, 6.07) is 5.06. The van der Waals surface area contributed by atoms with E-state index in [2.05, 4.69) is 10.3 Å². The number of aromatic nitrogens is 2. The molecule has 1 N–H and O–H groups in total. The van der Waals surface area contributed by atoms with Crippen LogP contribution in [-0.4, -0.2) is 9.55 Å². The number of hydrogen-bond donors (Lipinski definition) is 1. The van der Waals surface area contributed by atoms with Gasteiger partial charge in [-0.25, -0.2) is 9.37 Å². The molecule has 0 bridgehead atoms. The highest BCUT2D eigenvalue weighted by atomic mass is 35.5. The van der Waals surface area contributed by atoms with E-state index < -0.39 is 0 Å². The summed E-state index contributed by atoms with van der Waals surface area (Å²) in [5.41, 5.74) is 2.77. The van der Waals surface area contributed by atoms with Crippen LogP contribution in [0, 0.1) is 5.82 Å². The van der Waals surface area contributed by atoms with Gasteiger partial charge in [-0.15, -0.1) is 0 Å². The molecule has 17 heavy (non-hydrogen) atoms. The number of fused-ring (bicyclic) bond motifs is 1. The summed E-state index contributed by atoms with van der Waals surface area (Å²) in [5, 5.41) is 3.38. The Hall–Kier alpha value is -1.39. The monoisotopic (exact) mass is 251 g/mol. The first-order chi connectivity index (χ1) is 8.25. The highest BCUT2D eigenvalue weighted by Crippen LogP contribution is 2.21. The lowest BCUT2D eigenvalue weighted by Crippen LogP contribution is -2.08. The van der Waals surface area contributed by atoms with Crippen LogP contribution >= 0.6 is 11.6 Å². The zero-order valence-corrected chi connectivity index (χ0v) is 9.84. The van der Waals surface area contributed by atoms with Crippen LogP contribution in [0.4, 0.5) is 4.39 Å². The first-order valence-electron chi connectivity index (χ1n) is 5.42. The summed E-state index contributed by atoms with van der Waals surface area (Å²) in [7, 11) is 0. The van der Waals surface area contributed by atoms with Crippen molar-refractivity contribution in [3.63, 3.8) is 0 Å². The van der Waals surface area contributed by atoms with Gasteiger partial charge in [-0.3, -0.25) is 0 Å². The maximum absolute atomic E-state index is 13.8. The van der Waals surface area contributed by atoms with E-state index in [1.807, 2.05) is 4.57 Å². The lowest BCUT2D eigenvalue weighted by molar-refractivity contribution is 0.593. The molecule has 1 aromatic heterocycles. The van der Waals surface area contributed by atoms with E-state index in [9.17, 15) is 4.39 Å². The molecule has 3 nitrogen and oxygen atoms in total. The fourth-order valence-corrected chi connectivity index (χ4v) is 2.28. The van der Waals surface area contributed by atoms with E-state index in [0.717, 1.165) is 24.5 Å². The van der Waals surface area contributed by atoms with Crippen molar-refractivity contribution in [2.45, 2.75) is 19.6 Å². The molecule has 3 rings (SSSR count). The van der Waals surface area contributed by atoms with Crippen molar-refractivity contribution in [2.24, 2.45) is 0 Å². The number of nitrogens with one attached hydrogen (secondary N) is 1. The maximum atomic E-state index is 13.8. The van der Waals surface area contributed by atoms with Gasteiger partial charge in [0.05, 0.1) is 29.3 Å². The molecule has 1 aromatic carbocycles. The Morgan fingerprint density at radius 3 is 3.18 bits per heavy atom. The van der Waals surface area contributed by atoms with Crippen LogP contribution < -0.4 is 5.32 Å². The molecule has 0 amide bonds. The van der Waals surface area contributed by atoms with E-state index in [1.165, 1.54) is 0 Å². The third-order valence-electron chi connectivity index (χ3n) is 2.99. The molecule has 2 heterocycles. The van der Waals surface area contributed by atoms with Crippen LogP contribution in [0.25, 0.3) is 0 Å². The fraction of sp³-hybridized carbons (Fsp3) is 0.250. The molecule has 0 fully saturated rings. The molecule has 0 saturated heterocycles. The van der Waals surface area contributed by atoms with Crippen LogP contribution in [-0.2, 0) is 19.6 Å². The van der Waals surface area contributed by atoms with Crippen molar-refractivity contribution < 1.29 is 4.39 Å². The van der Waals surface area contributed by atoms with E-state index in [4.69, 9.17) is 11.6 Å². The molecular weight excluding hydrogens is 241 g/mol. The number of rotatable bonds is 2. The second-order valence-electron chi connectivity index (χ2n) is 4.08. The summed E-state index contributed by atoms with van der Waals surface area (Å²) < 4.78 is 15.7. The Morgan fingerprint density at radius 1 is 1.41 bits per heavy atom. The predicted octanol–water partition coefficient (Wildman–Crippen LogP) is 2.33. The average Bonchev–Trinajstić information content (AvgIpc) is 2.89. The summed E-state index contributed by atoms with van der Waals surface area (Å²) in [6.07, 6.45) is 1.76. The van der Waals surface area contributed by atoms with Crippen LogP contribution in [0.1, 0.15) is 17.0 Å². The van der Waals surface area contributed by atoms with E-state index in [0.29, 0.717) is 12.1 Å². The SMILES string of the molecule is Fc1c(Cl)cccc1Cn1cnc2c1CNC2. The second kappa shape index (κ2) is 4.13. The van der Waals surface area contributed by atoms with Gasteiger partial charge in [0.25, 0.3) is 0 Å². The number of halogens is 2. The molecule has 0 saturated carbocycles. The molecule has 5 heteroatoms. The van der Waals surface area contributed by atoms with Gasteiger partial charge >= 0.3 is 0 Å². The van der Waals surface area contributed by atoms with Crippen molar-refractivity contribution in [2.75, 3.05) is 0 Å². The molecule has 0 unspecified atom stereocenters. The average molecular weight is 252 g/mol. The Labute approximate surface area is 103 Å². The molecule has 0 radical (unpaired) electrons. The minimum absolute atomic E-state index is 0.164. The Kier molecular flexibility index (Phi) is 2.61. The van der Waals surface area contributed by atoms with Gasteiger partial charge in [0.2, 0.25) is 0 Å². The molecule has 1 aliphatic rings. The molecule has 0 aliphatic carbocycles. The van der Waals surface area contributed by atoms with Gasteiger partial charge in [-0.05, 0) is 6.07 Å². The highest BCUT2D eigenvalue weighted by Gasteiger charge is 2.17. The standard InChI is InChI=1S/C12H11ClFN3/c13-9-3-1-2-8(12(9)14)6-17-7-16-10-4-15-5-11(10)17/h1-3,7,15H,4-6H2. The Morgan fingerprint density at radius 2 is 2.29 bits per heavy atom. The van der Waals surface area contributed by atoms with Crippen molar-refractivity contribution in [1.82, 2.24) is 14.9 Å². The lowest BCUT2D eigenvalue weighted by atomic mass is 10.2. The minimum Gasteiger partial charge on any atom is -0.329 e.